The summed E-state index contributed by atoms with van der Waals surface area (Å²) < 4.78 is 23.8. The number of sulfone groups is 1. The zero-order valence-corrected chi connectivity index (χ0v) is 19.9. The van der Waals surface area contributed by atoms with E-state index in [9.17, 15) is 8.42 Å². The molecule has 160 valence electrons. The van der Waals surface area contributed by atoms with E-state index in [2.05, 4.69) is 65.2 Å². The Morgan fingerprint density at radius 2 is 1.57 bits per heavy atom. The van der Waals surface area contributed by atoms with Crippen LogP contribution in [0.25, 0.3) is 0 Å². The summed E-state index contributed by atoms with van der Waals surface area (Å²) in [7, 11) is -2.85. The molecule has 6 heteroatoms. The molecule has 0 aromatic carbocycles. The Morgan fingerprint density at radius 1 is 1.00 bits per heavy atom. The van der Waals surface area contributed by atoms with Gasteiger partial charge in [0.05, 0.1) is 17.5 Å². The van der Waals surface area contributed by atoms with Gasteiger partial charge in [-0.2, -0.15) is 0 Å². The van der Waals surface area contributed by atoms with Crippen LogP contribution >= 0.6 is 0 Å². The SMILES string of the molecule is CC(C)C1N=C(C(C)(C)C)N2CC(N3CCS(=O)(=O)CC3)CC2=C1C(C)(C)C. The molecule has 0 aliphatic carbocycles. The first kappa shape index (κ1) is 21.8. The molecule has 2 saturated heterocycles. The summed E-state index contributed by atoms with van der Waals surface area (Å²) >= 11 is 0. The van der Waals surface area contributed by atoms with Gasteiger partial charge in [-0.3, -0.25) is 9.89 Å². The van der Waals surface area contributed by atoms with Crippen molar-refractivity contribution in [3.8, 4) is 0 Å². The van der Waals surface area contributed by atoms with Crippen LogP contribution in [-0.4, -0.2) is 67.3 Å². The van der Waals surface area contributed by atoms with Crippen molar-refractivity contribution in [1.29, 1.82) is 0 Å². The Hall–Kier alpha value is -0.880. The summed E-state index contributed by atoms with van der Waals surface area (Å²) in [5.74, 6) is 2.24. The summed E-state index contributed by atoms with van der Waals surface area (Å²) in [5.41, 5.74) is 2.98. The van der Waals surface area contributed by atoms with Gasteiger partial charge in [0.15, 0.2) is 9.84 Å². The van der Waals surface area contributed by atoms with E-state index in [1.165, 1.54) is 17.1 Å². The van der Waals surface area contributed by atoms with E-state index in [-0.39, 0.29) is 16.9 Å². The Kier molecular flexibility index (Phi) is 5.55. The Bertz CT molecular complexity index is 768. The van der Waals surface area contributed by atoms with E-state index in [1.54, 1.807) is 0 Å². The van der Waals surface area contributed by atoms with Crippen LogP contribution in [0.1, 0.15) is 61.8 Å². The van der Waals surface area contributed by atoms with E-state index in [4.69, 9.17) is 4.99 Å². The highest BCUT2D eigenvalue weighted by Crippen LogP contribution is 2.45. The first-order valence-electron chi connectivity index (χ1n) is 10.7. The molecule has 0 radical (unpaired) electrons. The van der Waals surface area contributed by atoms with Crippen LogP contribution < -0.4 is 0 Å². The molecule has 0 amide bonds. The molecule has 2 unspecified atom stereocenters. The molecular weight excluding hydrogens is 370 g/mol. The van der Waals surface area contributed by atoms with Gasteiger partial charge in [0.1, 0.15) is 5.84 Å². The fourth-order valence-electron chi connectivity index (χ4n) is 4.92. The Morgan fingerprint density at radius 3 is 2.04 bits per heavy atom. The van der Waals surface area contributed by atoms with Crippen LogP contribution in [0.15, 0.2) is 16.3 Å². The lowest BCUT2D eigenvalue weighted by atomic mass is 9.75. The molecular formula is C22H39N3O2S. The van der Waals surface area contributed by atoms with Crippen LogP contribution in [-0.2, 0) is 9.84 Å². The molecule has 0 spiro atoms. The van der Waals surface area contributed by atoms with Crippen LogP contribution in [0.2, 0.25) is 0 Å². The number of rotatable bonds is 2. The second kappa shape index (κ2) is 7.12. The van der Waals surface area contributed by atoms with E-state index in [0.29, 0.717) is 36.6 Å². The predicted octanol–water partition coefficient (Wildman–Crippen LogP) is 3.57. The molecule has 3 heterocycles. The summed E-state index contributed by atoms with van der Waals surface area (Å²) in [6, 6.07) is 0.599. The number of hydrogen-bond acceptors (Lipinski definition) is 5. The van der Waals surface area contributed by atoms with Crippen molar-refractivity contribution in [3.05, 3.63) is 11.3 Å². The minimum absolute atomic E-state index is 0.0120. The summed E-state index contributed by atoms with van der Waals surface area (Å²) in [6.45, 7) is 20.5. The Balaban J connectivity index is 2.00. The quantitative estimate of drug-likeness (QED) is 0.700. The molecule has 0 aromatic rings. The highest BCUT2D eigenvalue weighted by atomic mass is 32.2. The standard InChI is InChI=1S/C22H39N3O2S/c1-15(2)19-18(21(3,4)5)17-13-16(24-9-11-28(26,27)12-10-24)14-25(17)20(23-19)22(6,7)8/h15-16,19H,9-14H2,1-8H3. The lowest BCUT2D eigenvalue weighted by molar-refractivity contribution is 0.217. The fraction of sp³-hybridized carbons (Fsp3) is 0.864. The van der Waals surface area contributed by atoms with Gasteiger partial charge < -0.3 is 4.90 Å². The van der Waals surface area contributed by atoms with E-state index in [1.807, 2.05) is 0 Å². The van der Waals surface area contributed by atoms with Gasteiger partial charge in [0.2, 0.25) is 0 Å². The van der Waals surface area contributed by atoms with E-state index in [0.717, 1.165) is 13.0 Å². The number of aliphatic imine (C=N–C) groups is 1. The number of hydrogen-bond donors (Lipinski definition) is 0. The van der Waals surface area contributed by atoms with Gasteiger partial charge in [0.25, 0.3) is 0 Å². The second-order valence-electron chi connectivity index (χ2n) is 11.2. The average Bonchev–Trinajstić information content (AvgIpc) is 2.95. The molecule has 0 N–H and O–H groups in total. The zero-order chi connectivity index (χ0) is 21.1. The van der Waals surface area contributed by atoms with Gasteiger partial charge >= 0.3 is 0 Å². The molecule has 3 rings (SSSR count). The third kappa shape index (κ3) is 4.18. The number of nitrogens with zero attached hydrogens (tertiary/aromatic N) is 3. The van der Waals surface area contributed by atoms with Crippen molar-refractivity contribution in [2.45, 2.75) is 73.9 Å². The fourth-order valence-corrected chi connectivity index (χ4v) is 6.15. The van der Waals surface area contributed by atoms with Gasteiger partial charge in [-0.25, -0.2) is 8.42 Å². The molecule has 0 aromatic heterocycles. The molecule has 3 aliphatic rings. The highest BCUT2D eigenvalue weighted by molar-refractivity contribution is 7.91. The third-order valence-corrected chi connectivity index (χ3v) is 7.89. The summed E-state index contributed by atoms with van der Waals surface area (Å²) in [6.07, 6.45) is 1.00. The maximum atomic E-state index is 11.9. The lowest BCUT2D eigenvalue weighted by Gasteiger charge is -2.43. The predicted molar refractivity (Wildman–Crippen MR) is 117 cm³/mol. The Labute approximate surface area is 172 Å². The molecule has 0 bridgehead atoms. The molecule has 0 saturated carbocycles. The van der Waals surface area contributed by atoms with Crippen molar-refractivity contribution in [3.63, 3.8) is 0 Å². The topological polar surface area (TPSA) is 53.0 Å². The third-order valence-electron chi connectivity index (χ3n) is 6.28. The minimum Gasteiger partial charge on any atom is -0.332 e. The maximum absolute atomic E-state index is 11.9. The second-order valence-corrected chi connectivity index (χ2v) is 13.5. The van der Waals surface area contributed by atoms with Gasteiger partial charge in [-0.15, -0.1) is 0 Å². The van der Waals surface area contributed by atoms with Gasteiger partial charge in [-0.1, -0.05) is 55.4 Å². The minimum atomic E-state index is -2.85. The van der Waals surface area contributed by atoms with Crippen molar-refractivity contribution in [1.82, 2.24) is 9.80 Å². The largest absolute Gasteiger partial charge is 0.332 e. The molecule has 5 nitrogen and oxygen atoms in total. The normalized spacial score (nSPS) is 29.3. The average molecular weight is 410 g/mol. The molecule has 28 heavy (non-hydrogen) atoms. The van der Waals surface area contributed by atoms with Gasteiger partial charge in [0, 0.05) is 43.2 Å². The highest BCUT2D eigenvalue weighted by Gasteiger charge is 2.45. The molecule has 2 atom stereocenters. The monoisotopic (exact) mass is 409 g/mol. The summed E-state index contributed by atoms with van der Waals surface area (Å²) in [4.78, 5) is 10.2. The summed E-state index contributed by atoms with van der Waals surface area (Å²) in [5, 5.41) is 0. The van der Waals surface area contributed by atoms with Crippen molar-refractivity contribution < 1.29 is 8.42 Å². The van der Waals surface area contributed by atoms with Crippen LogP contribution in [0, 0.1) is 16.7 Å². The molecule has 3 aliphatic heterocycles. The number of amidine groups is 1. The van der Waals surface area contributed by atoms with E-state index < -0.39 is 9.84 Å². The first-order chi connectivity index (χ1) is 12.7. The van der Waals surface area contributed by atoms with Crippen molar-refractivity contribution in [2.75, 3.05) is 31.1 Å². The zero-order valence-electron chi connectivity index (χ0n) is 19.0. The van der Waals surface area contributed by atoms with Crippen molar-refractivity contribution >= 4 is 15.7 Å². The smallest absolute Gasteiger partial charge is 0.152 e. The van der Waals surface area contributed by atoms with Crippen LogP contribution in [0.4, 0.5) is 0 Å². The van der Waals surface area contributed by atoms with Gasteiger partial charge in [-0.05, 0) is 16.9 Å². The maximum Gasteiger partial charge on any atom is 0.152 e. The van der Waals surface area contributed by atoms with Crippen LogP contribution in [0.3, 0.4) is 0 Å². The van der Waals surface area contributed by atoms with Crippen LogP contribution in [0.5, 0.6) is 0 Å². The lowest BCUT2D eigenvalue weighted by Crippen LogP contribution is -2.48. The first-order valence-corrected chi connectivity index (χ1v) is 12.6. The van der Waals surface area contributed by atoms with E-state index >= 15 is 0 Å². The molecule has 2 fully saturated rings. The number of fused-ring (bicyclic) bond motifs is 1. The van der Waals surface area contributed by atoms with Crippen molar-refractivity contribution in [2.24, 2.45) is 21.7 Å².